The highest BCUT2D eigenvalue weighted by Gasteiger charge is 2.47. The van der Waals surface area contributed by atoms with E-state index >= 15 is 0 Å². The number of primary amides is 2. The summed E-state index contributed by atoms with van der Waals surface area (Å²) in [5.41, 5.74) is 13.2. The van der Waals surface area contributed by atoms with Crippen molar-refractivity contribution in [1.82, 2.24) is 0 Å². The Balaban J connectivity index is 2.40. The first kappa shape index (κ1) is 11.7. The van der Waals surface area contributed by atoms with E-state index in [0.717, 1.165) is 16.7 Å². The lowest BCUT2D eigenvalue weighted by Crippen LogP contribution is -2.46. The maximum Gasteiger partial charge on any atom is 0.248 e. The van der Waals surface area contributed by atoms with Gasteiger partial charge in [-0.3, -0.25) is 9.59 Å². The van der Waals surface area contributed by atoms with Gasteiger partial charge < -0.3 is 11.5 Å². The highest BCUT2D eigenvalue weighted by atomic mass is 16.1. The van der Waals surface area contributed by atoms with Crippen LogP contribution in [0.25, 0.3) is 5.57 Å². The molecule has 1 aromatic carbocycles. The van der Waals surface area contributed by atoms with Crippen LogP contribution >= 0.6 is 0 Å². The number of nitrogens with two attached hydrogens (primary N) is 2. The van der Waals surface area contributed by atoms with Gasteiger partial charge in [-0.2, -0.15) is 0 Å². The van der Waals surface area contributed by atoms with Gasteiger partial charge >= 0.3 is 0 Å². The second-order valence-electron chi connectivity index (χ2n) is 5.06. The molecule has 0 radical (unpaired) electrons. The number of carbonyl (C=O) groups is 2. The summed E-state index contributed by atoms with van der Waals surface area (Å²) < 4.78 is 0. The first-order valence-electron chi connectivity index (χ1n) is 6.12. The third-order valence-corrected chi connectivity index (χ3v) is 4.27. The molecule has 0 spiro atoms. The number of hydrogen-bond donors (Lipinski definition) is 2. The van der Waals surface area contributed by atoms with E-state index < -0.39 is 17.2 Å². The van der Waals surface area contributed by atoms with Gasteiger partial charge in [0.25, 0.3) is 0 Å². The molecule has 4 bridgehead atoms. The SMILES string of the molecule is CC1C2=C(C(N)=O)C=CC1(C(N)=O)c1ccc2cc1. The molecule has 0 heterocycles. The highest BCUT2D eigenvalue weighted by Crippen LogP contribution is 2.49. The van der Waals surface area contributed by atoms with Gasteiger partial charge in [-0.15, -0.1) is 0 Å². The van der Waals surface area contributed by atoms with Crippen LogP contribution in [0.4, 0.5) is 0 Å². The van der Waals surface area contributed by atoms with Crippen molar-refractivity contribution in [2.45, 2.75) is 12.3 Å². The van der Waals surface area contributed by atoms with Crippen LogP contribution in [-0.2, 0) is 15.0 Å². The minimum atomic E-state index is -0.889. The van der Waals surface area contributed by atoms with Gasteiger partial charge in [-0.05, 0) is 16.7 Å². The zero-order valence-electron chi connectivity index (χ0n) is 10.5. The van der Waals surface area contributed by atoms with Gasteiger partial charge in [0.05, 0.1) is 5.41 Å². The van der Waals surface area contributed by atoms with Gasteiger partial charge in [-0.25, -0.2) is 0 Å². The van der Waals surface area contributed by atoms with E-state index in [1.54, 1.807) is 12.2 Å². The van der Waals surface area contributed by atoms with E-state index in [2.05, 4.69) is 0 Å². The summed E-state index contributed by atoms with van der Waals surface area (Å²) in [6, 6.07) is 7.58. The van der Waals surface area contributed by atoms with Crippen molar-refractivity contribution in [3.63, 3.8) is 0 Å². The number of fused-ring (bicyclic) bond motifs is 2. The Hall–Kier alpha value is -2.36. The molecule has 0 aromatic heterocycles. The van der Waals surface area contributed by atoms with Crippen molar-refractivity contribution in [3.8, 4) is 0 Å². The van der Waals surface area contributed by atoms with Gasteiger partial charge in [-0.1, -0.05) is 43.3 Å². The Bertz CT molecular complexity index is 655. The third kappa shape index (κ3) is 1.28. The Morgan fingerprint density at radius 2 is 1.79 bits per heavy atom. The summed E-state index contributed by atoms with van der Waals surface area (Å²) in [5, 5.41) is 0. The number of rotatable bonds is 2. The molecule has 4 rings (SSSR count). The number of benzene rings is 1. The number of hydrogen-bond acceptors (Lipinski definition) is 2. The molecule has 2 amide bonds. The summed E-state index contributed by atoms with van der Waals surface area (Å²) in [7, 11) is 0. The fourth-order valence-electron chi connectivity index (χ4n) is 3.24. The molecule has 4 nitrogen and oxygen atoms in total. The van der Waals surface area contributed by atoms with Crippen LogP contribution in [0.1, 0.15) is 18.1 Å². The highest BCUT2D eigenvalue weighted by molar-refractivity contribution is 6.07. The van der Waals surface area contributed by atoms with Crippen LogP contribution in [0.2, 0.25) is 0 Å². The van der Waals surface area contributed by atoms with E-state index in [1.807, 2.05) is 31.2 Å². The molecule has 4 N–H and O–H groups in total. The minimum Gasteiger partial charge on any atom is -0.369 e. The number of carbonyl (C=O) groups excluding carboxylic acids is 2. The molecule has 19 heavy (non-hydrogen) atoms. The number of allylic oxidation sites excluding steroid dienone is 1. The monoisotopic (exact) mass is 254 g/mol. The van der Waals surface area contributed by atoms with E-state index in [4.69, 9.17) is 11.5 Å². The maximum atomic E-state index is 12.0. The predicted octanol–water partition coefficient (Wildman–Crippen LogP) is 0.868. The van der Waals surface area contributed by atoms with Crippen molar-refractivity contribution in [2.24, 2.45) is 17.4 Å². The zero-order valence-corrected chi connectivity index (χ0v) is 10.5. The standard InChI is InChI=1S/C15H14N2O2/c1-8-12-9-2-4-10(5-3-9)15(8,14(17)19)7-6-11(12)13(16)18/h2-8H,1H3,(H2,16,18)(H2,17,19). The summed E-state index contributed by atoms with van der Waals surface area (Å²) >= 11 is 0. The quantitative estimate of drug-likeness (QED) is 0.820. The Labute approximate surface area is 110 Å². The minimum absolute atomic E-state index is 0.201. The van der Waals surface area contributed by atoms with E-state index in [-0.39, 0.29) is 5.92 Å². The van der Waals surface area contributed by atoms with Crippen molar-refractivity contribution in [3.05, 3.63) is 53.1 Å². The molecule has 96 valence electrons. The van der Waals surface area contributed by atoms with Gasteiger partial charge in [0.15, 0.2) is 0 Å². The average molecular weight is 254 g/mol. The Kier molecular flexibility index (Phi) is 2.20. The van der Waals surface area contributed by atoms with E-state index in [1.165, 1.54) is 0 Å². The lowest BCUT2D eigenvalue weighted by Gasteiger charge is -2.36. The molecule has 0 fully saturated rings. The van der Waals surface area contributed by atoms with Crippen molar-refractivity contribution >= 4 is 17.4 Å². The summed E-state index contributed by atoms with van der Waals surface area (Å²) in [6.45, 7) is 1.91. The topological polar surface area (TPSA) is 86.2 Å². The maximum absolute atomic E-state index is 12.0. The van der Waals surface area contributed by atoms with Crippen molar-refractivity contribution in [1.29, 1.82) is 0 Å². The number of amides is 2. The van der Waals surface area contributed by atoms with Crippen molar-refractivity contribution < 1.29 is 9.59 Å². The summed E-state index contributed by atoms with van der Waals surface area (Å²) in [4.78, 5) is 23.6. The molecule has 0 saturated carbocycles. The molecule has 0 aliphatic heterocycles. The third-order valence-electron chi connectivity index (χ3n) is 4.27. The fraction of sp³-hybridized carbons (Fsp3) is 0.200. The van der Waals surface area contributed by atoms with Gasteiger partial charge in [0.1, 0.15) is 0 Å². The normalized spacial score (nSPS) is 27.3. The van der Waals surface area contributed by atoms with E-state index in [9.17, 15) is 9.59 Å². The van der Waals surface area contributed by atoms with Crippen LogP contribution < -0.4 is 11.5 Å². The molecule has 4 heteroatoms. The molecule has 3 aliphatic carbocycles. The smallest absolute Gasteiger partial charge is 0.248 e. The predicted molar refractivity (Wildman–Crippen MR) is 71.7 cm³/mol. The lowest BCUT2D eigenvalue weighted by molar-refractivity contribution is -0.123. The molecular weight excluding hydrogens is 240 g/mol. The first-order chi connectivity index (χ1) is 8.98. The summed E-state index contributed by atoms with van der Waals surface area (Å²) in [6.07, 6.45) is 3.34. The second-order valence-corrected chi connectivity index (χ2v) is 5.06. The van der Waals surface area contributed by atoms with Crippen LogP contribution in [0, 0.1) is 5.92 Å². The van der Waals surface area contributed by atoms with Crippen molar-refractivity contribution in [2.75, 3.05) is 0 Å². The average Bonchev–Trinajstić information content (AvgIpc) is 2.50. The van der Waals surface area contributed by atoms with Crippen LogP contribution in [0.5, 0.6) is 0 Å². The first-order valence-corrected chi connectivity index (χ1v) is 6.12. The Morgan fingerprint density at radius 3 is 2.32 bits per heavy atom. The van der Waals surface area contributed by atoms with Crippen LogP contribution in [0.3, 0.4) is 0 Å². The lowest BCUT2D eigenvalue weighted by atomic mass is 9.65. The molecule has 2 unspecified atom stereocenters. The van der Waals surface area contributed by atoms with E-state index in [0.29, 0.717) is 5.57 Å². The molecule has 3 aliphatic rings. The van der Waals surface area contributed by atoms with Gasteiger partial charge in [0.2, 0.25) is 11.8 Å². The van der Waals surface area contributed by atoms with Crippen LogP contribution in [0.15, 0.2) is 42.0 Å². The largest absolute Gasteiger partial charge is 0.369 e. The molecule has 0 saturated heterocycles. The molecular formula is C15H14N2O2. The molecule has 1 aromatic rings. The molecule has 2 atom stereocenters. The van der Waals surface area contributed by atoms with Gasteiger partial charge in [0, 0.05) is 11.5 Å². The zero-order chi connectivity index (χ0) is 13.8. The van der Waals surface area contributed by atoms with Crippen LogP contribution in [-0.4, -0.2) is 11.8 Å². The Morgan fingerprint density at radius 1 is 1.16 bits per heavy atom. The second kappa shape index (κ2) is 3.57. The fourth-order valence-corrected chi connectivity index (χ4v) is 3.24. The summed E-state index contributed by atoms with van der Waals surface area (Å²) in [5.74, 6) is -1.10.